The van der Waals surface area contributed by atoms with Crippen molar-refractivity contribution in [2.24, 2.45) is 5.92 Å². The largest absolute Gasteiger partial charge is 0.398 e. The minimum absolute atomic E-state index is 0.179. The monoisotopic (exact) mass is 234 g/mol. The van der Waals surface area contributed by atoms with Crippen LogP contribution in [0.15, 0.2) is 12.2 Å². The van der Waals surface area contributed by atoms with E-state index < -0.39 is 11.8 Å². The smallest absolute Gasteiger partial charge is 0.387 e. The second-order valence-corrected chi connectivity index (χ2v) is 4.66. The van der Waals surface area contributed by atoms with Gasteiger partial charge in [-0.25, -0.2) is 6.57 Å². The topological polar surface area (TPSA) is 59.8 Å². The van der Waals surface area contributed by atoms with E-state index in [-0.39, 0.29) is 17.8 Å². The zero-order valence-electron chi connectivity index (χ0n) is 9.66. The van der Waals surface area contributed by atoms with Crippen LogP contribution in [0.5, 0.6) is 0 Å². The van der Waals surface area contributed by atoms with Gasteiger partial charge in [-0.2, -0.15) is 0 Å². The van der Waals surface area contributed by atoms with Gasteiger partial charge in [-0.05, 0) is 19.8 Å². The number of nitrogens with zero attached hydrogens (tertiary/aromatic N) is 1. The molecule has 17 heavy (non-hydrogen) atoms. The van der Waals surface area contributed by atoms with Crippen LogP contribution in [-0.2, 0) is 14.3 Å². The van der Waals surface area contributed by atoms with Gasteiger partial charge >= 0.3 is 11.7 Å². The van der Waals surface area contributed by atoms with E-state index in [1.165, 1.54) is 0 Å². The number of fused-ring (bicyclic) bond motifs is 2. The lowest BCUT2D eigenvalue weighted by Crippen LogP contribution is -2.52. The van der Waals surface area contributed by atoms with E-state index in [9.17, 15) is 9.59 Å². The molecule has 0 aromatic rings. The van der Waals surface area contributed by atoms with Crippen molar-refractivity contribution in [1.29, 1.82) is 0 Å². The van der Waals surface area contributed by atoms with E-state index in [4.69, 9.17) is 11.3 Å². The average molecular weight is 234 g/mol. The van der Waals surface area contributed by atoms with Gasteiger partial charge in [0.25, 0.3) is 0 Å². The molecule has 1 aliphatic carbocycles. The average Bonchev–Trinajstić information content (AvgIpc) is 2.56. The zero-order chi connectivity index (χ0) is 12.6. The Morgan fingerprint density at radius 2 is 2.35 bits per heavy atom. The molecular formula is C12H14N2O3. The van der Waals surface area contributed by atoms with Gasteiger partial charge in [-0.1, -0.05) is 6.58 Å². The Morgan fingerprint density at radius 3 is 2.94 bits per heavy atom. The number of hydrogen-bond donors (Lipinski definition) is 1. The maximum Gasteiger partial charge on any atom is 0.398 e. The van der Waals surface area contributed by atoms with E-state index in [2.05, 4.69) is 16.7 Å². The molecule has 1 aliphatic heterocycles. The van der Waals surface area contributed by atoms with Gasteiger partial charge in [0.1, 0.15) is 6.04 Å². The van der Waals surface area contributed by atoms with Crippen LogP contribution >= 0.6 is 0 Å². The lowest BCUT2D eigenvalue weighted by Gasteiger charge is -2.28. The Balaban J connectivity index is 2.18. The number of esters is 1. The van der Waals surface area contributed by atoms with Crippen molar-refractivity contribution in [3.8, 4) is 0 Å². The molecule has 1 N–H and O–H groups in total. The summed E-state index contributed by atoms with van der Waals surface area (Å²) in [6.07, 6.45) is 1.64. The maximum atomic E-state index is 11.6. The number of amides is 1. The first-order valence-electron chi connectivity index (χ1n) is 5.56. The number of rotatable bonds is 2. The van der Waals surface area contributed by atoms with E-state index in [1.807, 2.05) is 0 Å². The first-order valence-corrected chi connectivity index (χ1v) is 5.56. The predicted molar refractivity (Wildman–Crippen MR) is 59.5 cm³/mol. The SMILES string of the molecule is [C-]#[N+]C12CC(CCC1NC(=O)C(=C)C)C(=O)O2. The predicted octanol–water partition coefficient (Wildman–Crippen LogP) is 1.02. The van der Waals surface area contributed by atoms with E-state index in [0.29, 0.717) is 24.8 Å². The normalized spacial score (nSPS) is 34.7. The van der Waals surface area contributed by atoms with Crippen LogP contribution in [0.3, 0.4) is 0 Å². The molecule has 5 nitrogen and oxygen atoms in total. The molecule has 90 valence electrons. The van der Waals surface area contributed by atoms with Crippen LogP contribution in [0, 0.1) is 12.5 Å². The summed E-state index contributed by atoms with van der Waals surface area (Å²) in [6.45, 7) is 12.4. The van der Waals surface area contributed by atoms with Crippen molar-refractivity contribution < 1.29 is 14.3 Å². The third kappa shape index (κ3) is 1.80. The fourth-order valence-electron chi connectivity index (χ4n) is 2.38. The van der Waals surface area contributed by atoms with Gasteiger partial charge in [-0.15, -0.1) is 0 Å². The molecule has 2 fully saturated rings. The van der Waals surface area contributed by atoms with Crippen LogP contribution in [0.1, 0.15) is 26.2 Å². The maximum absolute atomic E-state index is 11.6. The van der Waals surface area contributed by atoms with Gasteiger partial charge in [0.2, 0.25) is 5.91 Å². The molecule has 0 aromatic heterocycles. The highest BCUT2D eigenvalue weighted by Crippen LogP contribution is 2.43. The minimum atomic E-state index is -1.19. The second-order valence-electron chi connectivity index (χ2n) is 4.66. The summed E-state index contributed by atoms with van der Waals surface area (Å²) in [7, 11) is 0. The van der Waals surface area contributed by atoms with Gasteiger partial charge in [-0.3, -0.25) is 14.4 Å². The van der Waals surface area contributed by atoms with Crippen molar-refractivity contribution in [2.75, 3.05) is 0 Å². The quantitative estimate of drug-likeness (QED) is 0.441. The molecule has 3 unspecified atom stereocenters. The number of ether oxygens (including phenoxy) is 1. The molecule has 1 heterocycles. The first-order chi connectivity index (χ1) is 7.98. The van der Waals surface area contributed by atoms with Crippen molar-refractivity contribution in [3.05, 3.63) is 23.6 Å². The van der Waals surface area contributed by atoms with Crippen LogP contribution in [0.4, 0.5) is 0 Å². The summed E-state index contributed by atoms with van der Waals surface area (Å²) < 4.78 is 5.18. The Labute approximate surface area is 99.6 Å². The lowest BCUT2D eigenvalue weighted by atomic mass is 9.82. The molecule has 0 spiro atoms. The summed E-state index contributed by atoms with van der Waals surface area (Å²) in [6, 6.07) is -0.424. The summed E-state index contributed by atoms with van der Waals surface area (Å²) in [5.41, 5.74) is -0.804. The zero-order valence-corrected chi connectivity index (χ0v) is 9.66. The summed E-state index contributed by atoms with van der Waals surface area (Å²) in [4.78, 5) is 26.5. The highest BCUT2D eigenvalue weighted by molar-refractivity contribution is 5.92. The Morgan fingerprint density at radius 1 is 1.65 bits per heavy atom. The van der Waals surface area contributed by atoms with Crippen LogP contribution in [0.2, 0.25) is 0 Å². The number of hydrogen-bond acceptors (Lipinski definition) is 3. The molecule has 1 saturated carbocycles. The summed E-state index contributed by atoms with van der Waals surface area (Å²) in [5.74, 6) is -0.783. The molecular weight excluding hydrogens is 220 g/mol. The molecule has 1 saturated heterocycles. The third-order valence-corrected chi connectivity index (χ3v) is 3.38. The molecule has 0 aromatic carbocycles. The fraction of sp³-hybridized carbons (Fsp3) is 0.583. The first kappa shape index (κ1) is 11.6. The minimum Gasteiger partial charge on any atom is -0.387 e. The number of carbonyl (C=O) groups excluding carboxylic acids is 2. The van der Waals surface area contributed by atoms with Crippen LogP contribution < -0.4 is 5.32 Å². The highest BCUT2D eigenvalue weighted by atomic mass is 16.6. The molecule has 2 aliphatic rings. The Kier molecular flexibility index (Phi) is 2.66. The van der Waals surface area contributed by atoms with Gasteiger partial charge in [0.05, 0.1) is 12.3 Å². The molecule has 5 heteroatoms. The van der Waals surface area contributed by atoms with Gasteiger partial charge in [0.15, 0.2) is 0 Å². The van der Waals surface area contributed by atoms with Crippen LogP contribution in [0.25, 0.3) is 4.85 Å². The van der Waals surface area contributed by atoms with Crippen molar-refractivity contribution in [3.63, 3.8) is 0 Å². The molecule has 0 radical (unpaired) electrons. The molecule has 2 rings (SSSR count). The second kappa shape index (κ2) is 3.88. The molecule has 2 bridgehead atoms. The molecule has 1 amide bonds. The van der Waals surface area contributed by atoms with Crippen molar-refractivity contribution in [2.45, 2.75) is 38.0 Å². The Hall–Kier alpha value is -1.83. The number of carbonyl (C=O) groups is 2. The summed E-state index contributed by atoms with van der Waals surface area (Å²) >= 11 is 0. The number of nitrogens with one attached hydrogen (secondary N) is 1. The fourth-order valence-corrected chi connectivity index (χ4v) is 2.38. The van der Waals surface area contributed by atoms with E-state index >= 15 is 0 Å². The van der Waals surface area contributed by atoms with Crippen LogP contribution in [-0.4, -0.2) is 23.6 Å². The standard InChI is InChI=1S/C12H14N2O3/c1-7(2)10(15)14-9-5-4-8-6-12(9,13-3)17-11(8)16/h8-9H,1,4-6H2,2H3,(H,14,15). The third-order valence-electron chi connectivity index (χ3n) is 3.38. The van der Waals surface area contributed by atoms with E-state index in [0.717, 1.165) is 0 Å². The van der Waals surface area contributed by atoms with Crippen molar-refractivity contribution >= 4 is 11.9 Å². The molecule has 3 atom stereocenters. The van der Waals surface area contributed by atoms with Gasteiger partial charge < -0.3 is 10.1 Å². The summed E-state index contributed by atoms with van der Waals surface area (Å²) in [5, 5.41) is 2.73. The van der Waals surface area contributed by atoms with E-state index in [1.54, 1.807) is 6.92 Å². The Bertz CT molecular complexity index is 438. The van der Waals surface area contributed by atoms with Crippen molar-refractivity contribution in [1.82, 2.24) is 5.32 Å². The van der Waals surface area contributed by atoms with Gasteiger partial charge in [0, 0.05) is 5.57 Å². The highest BCUT2D eigenvalue weighted by Gasteiger charge is 2.61. The lowest BCUT2D eigenvalue weighted by molar-refractivity contribution is -0.148.